The number of hydrogen-bond acceptors (Lipinski definition) is 3. The van der Waals surface area contributed by atoms with Gasteiger partial charge in [-0.25, -0.2) is 0 Å². The number of hydrogen-bond donors (Lipinski definition) is 2. The second-order valence-electron chi connectivity index (χ2n) is 5.74. The number of likely N-dealkylation sites (tertiary alicyclic amines) is 1. The smallest absolute Gasteiger partial charge is 0.241 e. The van der Waals surface area contributed by atoms with E-state index in [0.717, 1.165) is 30.3 Å². The summed E-state index contributed by atoms with van der Waals surface area (Å²) < 4.78 is 0. The molecule has 0 aromatic heterocycles. The van der Waals surface area contributed by atoms with Crippen LogP contribution in [0.25, 0.3) is 0 Å². The molecule has 1 aliphatic rings. The van der Waals surface area contributed by atoms with Gasteiger partial charge in [0, 0.05) is 12.2 Å². The van der Waals surface area contributed by atoms with Crippen LogP contribution in [0.1, 0.15) is 32.3 Å². The van der Waals surface area contributed by atoms with Gasteiger partial charge in [0.05, 0.1) is 6.04 Å². The molecule has 1 aliphatic heterocycles. The Morgan fingerprint density at radius 2 is 2.05 bits per heavy atom. The minimum Gasteiger partial charge on any atom is -0.326 e. The number of anilines is 1. The number of piperidine rings is 1. The molecule has 1 atom stereocenters. The molecule has 0 aliphatic carbocycles. The minimum atomic E-state index is -0.0895. The molecule has 0 bridgehead atoms. The zero-order valence-electron chi connectivity index (χ0n) is 12.4. The van der Waals surface area contributed by atoms with Crippen molar-refractivity contribution in [2.75, 3.05) is 18.4 Å². The van der Waals surface area contributed by atoms with Crippen molar-refractivity contribution >= 4 is 11.6 Å². The van der Waals surface area contributed by atoms with Gasteiger partial charge in [0.2, 0.25) is 5.91 Å². The fourth-order valence-corrected chi connectivity index (χ4v) is 2.64. The van der Waals surface area contributed by atoms with Crippen LogP contribution in [0.2, 0.25) is 0 Å². The summed E-state index contributed by atoms with van der Waals surface area (Å²) in [7, 11) is 0. The zero-order chi connectivity index (χ0) is 14.5. The van der Waals surface area contributed by atoms with E-state index in [0.29, 0.717) is 6.54 Å². The number of para-hydroxylation sites is 1. The summed E-state index contributed by atoms with van der Waals surface area (Å²) in [6.45, 7) is 6.71. The van der Waals surface area contributed by atoms with Crippen molar-refractivity contribution in [1.29, 1.82) is 0 Å². The van der Waals surface area contributed by atoms with E-state index in [1.807, 2.05) is 31.2 Å². The Kier molecular flexibility index (Phi) is 5.15. The SMILES string of the molecule is CC1CCN(C(C)C(=O)Nc2ccccc2CN)CC1. The highest BCUT2D eigenvalue weighted by atomic mass is 16.2. The predicted octanol–water partition coefficient (Wildman–Crippen LogP) is 2.20. The lowest BCUT2D eigenvalue weighted by Crippen LogP contribution is -2.45. The molecule has 1 aromatic carbocycles. The predicted molar refractivity (Wildman–Crippen MR) is 82.4 cm³/mol. The van der Waals surface area contributed by atoms with E-state index in [1.54, 1.807) is 0 Å². The molecule has 110 valence electrons. The topological polar surface area (TPSA) is 58.4 Å². The summed E-state index contributed by atoms with van der Waals surface area (Å²) in [6.07, 6.45) is 2.36. The number of amides is 1. The number of nitrogens with zero attached hydrogens (tertiary/aromatic N) is 1. The van der Waals surface area contributed by atoms with Crippen molar-refractivity contribution in [1.82, 2.24) is 4.90 Å². The van der Waals surface area contributed by atoms with Crippen molar-refractivity contribution in [3.05, 3.63) is 29.8 Å². The minimum absolute atomic E-state index is 0.0560. The number of benzene rings is 1. The normalized spacial score (nSPS) is 18.8. The van der Waals surface area contributed by atoms with Crippen molar-refractivity contribution < 1.29 is 4.79 Å². The fourth-order valence-electron chi connectivity index (χ4n) is 2.64. The van der Waals surface area contributed by atoms with Crippen LogP contribution < -0.4 is 11.1 Å². The summed E-state index contributed by atoms with van der Waals surface area (Å²) in [6, 6.07) is 7.62. The first-order valence-corrected chi connectivity index (χ1v) is 7.44. The maximum atomic E-state index is 12.4. The molecule has 2 rings (SSSR count). The Morgan fingerprint density at radius 1 is 1.40 bits per heavy atom. The largest absolute Gasteiger partial charge is 0.326 e. The van der Waals surface area contributed by atoms with E-state index in [-0.39, 0.29) is 11.9 Å². The second kappa shape index (κ2) is 6.86. The molecule has 1 fully saturated rings. The van der Waals surface area contributed by atoms with Gasteiger partial charge in [0.1, 0.15) is 0 Å². The van der Waals surface area contributed by atoms with Crippen LogP contribution in [-0.4, -0.2) is 29.9 Å². The first kappa shape index (κ1) is 15.0. The quantitative estimate of drug-likeness (QED) is 0.885. The highest BCUT2D eigenvalue weighted by Gasteiger charge is 2.25. The number of rotatable bonds is 4. The lowest BCUT2D eigenvalue weighted by Gasteiger charge is -2.34. The van der Waals surface area contributed by atoms with Crippen LogP contribution in [-0.2, 0) is 11.3 Å². The Hall–Kier alpha value is -1.39. The third-order valence-corrected chi connectivity index (χ3v) is 4.24. The Balaban J connectivity index is 1.97. The highest BCUT2D eigenvalue weighted by Crippen LogP contribution is 2.19. The van der Waals surface area contributed by atoms with Gasteiger partial charge in [-0.3, -0.25) is 9.69 Å². The molecule has 1 heterocycles. The molecule has 1 aromatic rings. The van der Waals surface area contributed by atoms with Gasteiger partial charge >= 0.3 is 0 Å². The average molecular weight is 275 g/mol. The van der Waals surface area contributed by atoms with E-state index in [1.165, 1.54) is 12.8 Å². The maximum Gasteiger partial charge on any atom is 0.241 e. The summed E-state index contributed by atoms with van der Waals surface area (Å²) in [5.41, 5.74) is 7.50. The monoisotopic (exact) mass is 275 g/mol. The van der Waals surface area contributed by atoms with Gasteiger partial charge in [0.25, 0.3) is 0 Å². The van der Waals surface area contributed by atoms with Crippen molar-refractivity contribution in [3.8, 4) is 0 Å². The fraction of sp³-hybridized carbons (Fsp3) is 0.562. The van der Waals surface area contributed by atoms with Crippen molar-refractivity contribution in [2.45, 2.75) is 39.3 Å². The lowest BCUT2D eigenvalue weighted by atomic mass is 9.98. The first-order valence-electron chi connectivity index (χ1n) is 7.44. The Morgan fingerprint density at radius 3 is 2.70 bits per heavy atom. The van der Waals surface area contributed by atoms with E-state index in [4.69, 9.17) is 5.73 Å². The van der Waals surface area contributed by atoms with E-state index >= 15 is 0 Å². The zero-order valence-corrected chi connectivity index (χ0v) is 12.4. The summed E-state index contributed by atoms with van der Waals surface area (Å²) in [4.78, 5) is 14.6. The number of nitrogens with two attached hydrogens (primary N) is 1. The van der Waals surface area contributed by atoms with Crippen LogP contribution in [0.3, 0.4) is 0 Å². The van der Waals surface area contributed by atoms with Crippen LogP contribution in [0, 0.1) is 5.92 Å². The lowest BCUT2D eigenvalue weighted by molar-refractivity contribution is -0.121. The summed E-state index contributed by atoms with van der Waals surface area (Å²) in [5.74, 6) is 0.833. The van der Waals surface area contributed by atoms with Crippen LogP contribution in [0.5, 0.6) is 0 Å². The molecule has 20 heavy (non-hydrogen) atoms. The number of carbonyl (C=O) groups is 1. The van der Waals surface area contributed by atoms with Gasteiger partial charge in [-0.15, -0.1) is 0 Å². The third-order valence-electron chi connectivity index (χ3n) is 4.24. The molecule has 0 saturated carbocycles. The van der Waals surface area contributed by atoms with Crippen LogP contribution >= 0.6 is 0 Å². The van der Waals surface area contributed by atoms with Crippen LogP contribution in [0.4, 0.5) is 5.69 Å². The summed E-state index contributed by atoms with van der Waals surface area (Å²) >= 11 is 0. The number of carbonyl (C=O) groups excluding carboxylic acids is 1. The van der Waals surface area contributed by atoms with Gasteiger partial charge in [-0.2, -0.15) is 0 Å². The molecule has 1 unspecified atom stereocenters. The van der Waals surface area contributed by atoms with Gasteiger partial charge < -0.3 is 11.1 Å². The summed E-state index contributed by atoms with van der Waals surface area (Å²) in [5, 5.41) is 3.01. The molecule has 0 spiro atoms. The Labute approximate surface area is 121 Å². The van der Waals surface area contributed by atoms with Gasteiger partial charge in [0.15, 0.2) is 0 Å². The van der Waals surface area contributed by atoms with Gasteiger partial charge in [-0.1, -0.05) is 25.1 Å². The molecule has 0 radical (unpaired) electrons. The third kappa shape index (κ3) is 3.58. The molecule has 4 heteroatoms. The average Bonchev–Trinajstić information content (AvgIpc) is 2.48. The maximum absolute atomic E-state index is 12.4. The highest BCUT2D eigenvalue weighted by molar-refractivity contribution is 5.95. The molecule has 1 saturated heterocycles. The molecular weight excluding hydrogens is 250 g/mol. The molecule has 3 N–H and O–H groups in total. The molecule has 4 nitrogen and oxygen atoms in total. The second-order valence-corrected chi connectivity index (χ2v) is 5.74. The van der Waals surface area contributed by atoms with E-state index in [9.17, 15) is 4.79 Å². The van der Waals surface area contributed by atoms with Crippen molar-refractivity contribution in [2.24, 2.45) is 11.7 Å². The Bertz CT molecular complexity index is 453. The van der Waals surface area contributed by atoms with E-state index in [2.05, 4.69) is 17.1 Å². The standard InChI is InChI=1S/C16H25N3O/c1-12-7-9-19(10-8-12)13(2)16(20)18-15-6-4-3-5-14(15)11-17/h3-6,12-13H,7-11,17H2,1-2H3,(H,18,20). The van der Waals surface area contributed by atoms with Crippen LogP contribution in [0.15, 0.2) is 24.3 Å². The number of nitrogens with one attached hydrogen (secondary N) is 1. The first-order chi connectivity index (χ1) is 9.61. The van der Waals surface area contributed by atoms with Crippen molar-refractivity contribution in [3.63, 3.8) is 0 Å². The van der Waals surface area contributed by atoms with E-state index < -0.39 is 0 Å². The van der Waals surface area contributed by atoms with Gasteiger partial charge in [-0.05, 0) is 50.4 Å². The molecular formula is C16H25N3O. The molecule has 1 amide bonds.